The van der Waals surface area contributed by atoms with E-state index in [0.717, 1.165) is 44.1 Å². The van der Waals surface area contributed by atoms with E-state index in [-0.39, 0.29) is 0 Å². The zero-order valence-electron chi connectivity index (χ0n) is 17.9. The van der Waals surface area contributed by atoms with Gasteiger partial charge in [0, 0.05) is 26.2 Å². The number of aromatic nitrogens is 3. The highest BCUT2D eigenvalue weighted by Crippen LogP contribution is 2.18. The van der Waals surface area contributed by atoms with Crippen LogP contribution in [-0.4, -0.2) is 65.5 Å². The Labute approximate surface area is 178 Å². The fourth-order valence-electron chi connectivity index (χ4n) is 3.38. The highest BCUT2D eigenvalue weighted by molar-refractivity contribution is 6.04. The lowest BCUT2D eigenvalue weighted by Crippen LogP contribution is -2.45. The molecule has 0 atom stereocenters. The van der Waals surface area contributed by atoms with E-state index in [1.165, 1.54) is 5.57 Å². The van der Waals surface area contributed by atoms with E-state index < -0.39 is 0 Å². The van der Waals surface area contributed by atoms with Crippen LogP contribution in [0, 0.1) is 5.92 Å². The molecule has 1 fully saturated rings. The Hall–Kier alpha value is -3.06. The van der Waals surface area contributed by atoms with Crippen molar-refractivity contribution < 1.29 is 0 Å². The second-order valence-corrected chi connectivity index (χ2v) is 8.05. The second kappa shape index (κ2) is 9.17. The molecule has 1 aromatic heterocycles. The third kappa shape index (κ3) is 5.10. The minimum atomic E-state index is 0.483. The van der Waals surface area contributed by atoms with Crippen molar-refractivity contribution in [3.8, 4) is 0 Å². The van der Waals surface area contributed by atoms with E-state index in [0.29, 0.717) is 23.6 Å². The summed E-state index contributed by atoms with van der Waals surface area (Å²) in [6.45, 7) is 8.90. The molecule has 0 spiro atoms. The van der Waals surface area contributed by atoms with Gasteiger partial charge in [0.05, 0.1) is 6.54 Å². The third-order valence-corrected chi connectivity index (χ3v) is 5.39. The van der Waals surface area contributed by atoms with Crippen molar-refractivity contribution in [1.82, 2.24) is 19.9 Å². The standard InChI is InChI=1S/C23H29N7/c1-17(2)19-15-21(24-16-19)26-22-25-20(10-9-18-7-5-4-6-8-18)27-23(28-22)30-13-11-29(3)12-14-30/h4-10,15,17H,11-14,16H2,1-3H3,(H,24,25,26,27,28)/b10-9+. The number of anilines is 2. The monoisotopic (exact) mass is 403 g/mol. The molecule has 2 aliphatic rings. The summed E-state index contributed by atoms with van der Waals surface area (Å²) in [5, 5.41) is 3.29. The first kappa shape index (κ1) is 20.2. The summed E-state index contributed by atoms with van der Waals surface area (Å²) in [6.07, 6.45) is 6.06. The second-order valence-electron chi connectivity index (χ2n) is 8.05. The Morgan fingerprint density at radius 1 is 0.967 bits per heavy atom. The number of rotatable bonds is 5. The molecule has 1 N–H and O–H groups in total. The number of nitrogens with zero attached hydrogens (tertiary/aromatic N) is 6. The van der Waals surface area contributed by atoms with Crippen molar-refractivity contribution >= 4 is 29.9 Å². The van der Waals surface area contributed by atoms with Crippen LogP contribution in [-0.2, 0) is 0 Å². The molecule has 0 aliphatic carbocycles. The molecule has 1 aromatic carbocycles. The van der Waals surface area contributed by atoms with Crippen LogP contribution < -0.4 is 10.2 Å². The van der Waals surface area contributed by atoms with Gasteiger partial charge in [-0.3, -0.25) is 4.99 Å². The predicted octanol–water partition coefficient (Wildman–Crippen LogP) is 3.20. The van der Waals surface area contributed by atoms with Crippen LogP contribution in [0.15, 0.2) is 47.0 Å². The molecular formula is C23H29N7. The molecule has 0 radical (unpaired) electrons. The Morgan fingerprint density at radius 2 is 1.73 bits per heavy atom. The van der Waals surface area contributed by atoms with Crippen molar-refractivity contribution in [3.63, 3.8) is 0 Å². The van der Waals surface area contributed by atoms with Gasteiger partial charge < -0.3 is 15.1 Å². The summed E-state index contributed by atoms with van der Waals surface area (Å²) in [7, 11) is 2.14. The average Bonchev–Trinajstić information content (AvgIpc) is 3.22. The topological polar surface area (TPSA) is 69.5 Å². The first-order valence-electron chi connectivity index (χ1n) is 10.5. The van der Waals surface area contributed by atoms with Crippen LogP contribution in [0.2, 0.25) is 0 Å². The van der Waals surface area contributed by atoms with Crippen LogP contribution in [0.3, 0.4) is 0 Å². The number of hydrogen-bond acceptors (Lipinski definition) is 7. The fraction of sp³-hybridized carbons (Fsp3) is 0.391. The van der Waals surface area contributed by atoms with E-state index in [9.17, 15) is 0 Å². The van der Waals surface area contributed by atoms with Gasteiger partial charge in [-0.2, -0.15) is 15.0 Å². The maximum absolute atomic E-state index is 4.72. The SMILES string of the molecule is CC(C)C1=CC(Nc2nc(/C=C/c3ccccc3)nc(N3CCN(C)CC3)n2)=NC1. The van der Waals surface area contributed by atoms with Crippen molar-refractivity contribution in [3.05, 3.63) is 53.4 Å². The van der Waals surface area contributed by atoms with E-state index in [1.807, 2.05) is 30.4 Å². The molecule has 3 heterocycles. The number of piperazine rings is 1. The smallest absolute Gasteiger partial charge is 0.233 e. The predicted molar refractivity (Wildman–Crippen MR) is 124 cm³/mol. The van der Waals surface area contributed by atoms with Gasteiger partial charge in [-0.25, -0.2) is 0 Å². The molecule has 156 valence electrons. The number of amidine groups is 1. The lowest BCUT2D eigenvalue weighted by molar-refractivity contribution is 0.311. The molecule has 2 aromatic rings. The van der Waals surface area contributed by atoms with Gasteiger partial charge in [0.15, 0.2) is 5.82 Å². The maximum Gasteiger partial charge on any atom is 0.233 e. The molecule has 0 bridgehead atoms. The maximum atomic E-state index is 4.72. The van der Waals surface area contributed by atoms with E-state index in [4.69, 9.17) is 9.97 Å². The Bertz CT molecular complexity index is 955. The number of likely N-dealkylation sites (N-methyl/N-ethyl adjacent to an activating group) is 1. The van der Waals surface area contributed by atoms with Gasteiger partial charge >= 0.3 is 0 Å². The summed E-state index contributed by atoms with van der Waals surface area (Å²) in [4.78, 5) is 23.2. The van der Waals surface area contributed by atoms with Gasteiger partial charge in [-0.05, 0) is 36.3 Å². The molecule has 7 nitrogen and oxygen atoms in total. The molecule has 30 heavy (non-hydrogen) atoms. The Morgan fingerprint density at radius 3 is 2.43 bits per heavy atom. The largest absolute Gasteiger partial charge is 0.338 e. The quantitative estimate of drug-likeness (QED) is 0.827. The lowest BCUT2D eigenvalue weighted by Gasteiger charge is -2.32. The van der Waals surface area contributed by atoms with Gasteiger partial charge in [0.1, 0.15) is 5.84 Å². The first-order valence-corrected chi connectivity index (χ1v) is 10.5. The first-order chi connectivity index (χ1) is 14.6. The number of nitrogens with one attached hydrogen (secondary N) is 1. The van der Waals surface area contributed by atoms with Crippen LogP contribution >= 0.6 is 0 Å². The van der Waals surface area contributed by atoms with E-state index >= 15 is 0 Å². The molecule has 0 saturated carbocycles. The van der Waals surface area contributed by atoms with Crippen molar-refractivity contribution in [2.45, 2.75) is 13.8 Å². The summed E-state index contributed by atoms with van der Waals surface area (Å²) in [5.41, 5.74) is 2.42. The van der Waals surface area contributed by atoms with E-state index in [2.05, 4.69) is 64.2 Å². The number of benzene rings is 1. The molecule has 1 saturated heterocycles. The Balaban J connectivity index is 1.60. The van der Waals surface area contributed by atoms with Crippen LogP contribution in [0.25, 0.3) is 12.2 Å². The summed E-state index contributed by atoms with van der Waals surface area (Å²) in [6, 6.07) is 10.2. The number of aliphatic imine (C=N–C) groups is 1. The lowest BCUT2D eigenvalue weighted by atomic mass is 10.0. The zero-order valence-corrected chi connectivity index (χ0v) is 17.9. The van der Waals surface area contributed by atoms with Crippen molar-refractivity contribution in [1.29, 1.82) is 0 Å². The van der Waals surface area contributed by atoms with Gasteiger partial charge in [-0.1, -0.05) is 50.3 Å². The minimum Gasteiger partial charge on any atom is -0.338 e. The normalized spacial score (nSPS) is 17.5. The summed E-state index contributed by atoms with van der Waals surface area (Å²) in [5.74, 6) is 3.17. The average molecular weight is 404 g/mol. The third-order valence-electron chi connectivity index (χ3n) is 5.39. The number of hydrogen-bond donors (Lipinski definition) is 1. The fourth-order valence-corrected chi connectivity index (χ4v) is 3.38. The van der Waals surface area contributed by atoms with Crippen molar-refractivity contribution in [2.75, 3.05) is 50.0 Å². The van der Waals surface area contributed by atoms with Crippen LogP contribution in [0.4, 0.5) is 11.9 Å². The minimum absolute atomic E-state index is 0.483. The van der Waals surface area contributed by atoms with Gasteiger partial charge in [0.25, 0.3) is 0 Å². The van der Waals surface area contributed by atoms with Crippen LogP contribution in [0.1, 0.15) is 25.2 Å². The van der Waals surface area contributed by atoms with Gasteiger partial charge in [0.2, 0.25) is 11.9 Å². The van der Waals surface area contributed by atoms with Crippen molar-refractivity contribution in [2.24, 2.45) is 10.9 Å². The highest BCUT2D eigenvalue weighted by atomic mass is 15.3. The highest BCUT2D eigenvalue weighted by Gasteiger charge is 2.19. The Kier molecular flexibility index (Phi) is 6.18. The molecule has 0 amide bonds. The van der Waals surface area contributed by atoms with Gasteiger partial charge in [-0.15, -0.1) is 0 Å². The molecule has 2 aliphatic heterocycles. The summed E-state index contributed by atoms with van der Waals surface area (Å²) < 4.78 is 0. The molecule has 7 heteroatoms. The molecule has 4 rings (SSSR count). The van der Waals surface area contributed by atoms with Crippen LogP contribution in [0.5, 0.6) is 0 Å². The molecular weight excluding hydrogens is 374 g/mol. The van der Waals surface area contributed by atoms with E-state index in [1.54, 1.807) is 0 Å². The molecule has 0 unspecified atom stereocenters. The summed E-state index contributed by atoms with van der Waals surface area (Å²) >= 11 is 0. The zero-order chi connectivity index (χ0) is 20.9.